The van der Waals surface area contributed by atoms with E-state index in [1.807, 2.05) is 20.8 Å². The van der Waals surface area contributed by atoms with E-state index in [1.54, 1.807) is 64.4 Å². The van der Waals surface area contributed by atoms with Crippen molar-refractivity contribution in [2.75, 3.05) is 32.7 Å². The Kier molecular flexibility index (Phi) is 26.7. The first-order valence-electron chi connectivity index (χ1n) is 38.2. The summed E-state index contributed by atoms with van der Waals surface area (Å²) in [5.41, 5.74) is 20.1. The molecule has 0 bridgehead atoms. The third-order valence-electron chi connectivity index (χ3n) is 22.0. The largest absolute Gasteiger partial charge is 0.408 e. The van der Waals surface area contributed by atoms with Crippen LogP contribution in [0.1, 0.15) is 117 Å². The number of hydrogen-bond donors (Lipinski definition) is 9. The molecule has 4 unspecified atom stereocenters. The number of benzene rings is 1. The second-order valence-corrected chi connectivity index (χ2v) is 45.2. The zero-order chi connectivity index (χ0) is 86.0. The lowest BCUT2D eigenvalue weighted by molar-refractivity contribution is -0.0297. The van der Waals surface area contributed by atoms with Crippen molar-refractivity contribution >= 4 is 133 Å². The summed E-state index contributed by atoms with van der Waals surface area (Å²) in [6.45, 7) is 35.1. The third kappa shape index (κ3) is 19.3. The highest BCUT2D eigenvalue weighted by Gasteiger charge is 2.54. The van der Waals surface area contributed by atoms with Crippen LogP contribution in [0.5, 0.6) is 0 Å². The Labute approximate surface area is 695 Å². The number of nitrogens with zero attached hydrogens (tertiary/aromatic N) is 19. The highest BCUT2D eigenvalue weighted by atomic mass is 35.7. The molecule has 40 nitrogen and oxygen atoms in total. The molecule has 4 aliphatic rings. The van der Waals surface area contributed by atoms with Gasteiger partial charge in [-0.25, -0.2) is 53.3 Å². The van der Waals surface area contributed by atoms with E-state index in [2.05, 4.69) is 184 Å². The summed E-state index contributed by atoms with van der Waals surface area (Å²) in [5, 5.41) is 27.2. The summed E-state index contributed by atoms with van der Waals surface area (Å²) in [6.07, 6.45) is 0.00924. The summed E-state index contributed by atoms with van der Waals surface area (Å²) >= 11 is 16.7. The lowest BCUT2D eigenvalue weighted by Crippen LogP contribution is -2.55. The van der Waals surface area contributed by atoms with Gasteiger partial charge in [-0.1, -0.05) is 90.2 Å². The zero-order valence-electron chi connectivity index (χ0n) is 68.5. The average molecular weight is 1740 g/mol. The van der Waals surface area contributed by atoms with Crippen LogP contribution in [0.25, 0.3) is 65.5 Å². The van der Waals surface area contributed by atoms with Crippen molar-refractivity contribution in [3.8, 4) is 0 Å². The van der Waals surface area contributed by atoms with Gasteiger partial charge in [-0.3, -0.25) is 37.4 Å². The van der Waals surface area contributed by atoms with Crippen molar-refractivity contribution in [1.82, 2.24) is 105 Å². The van der Waals surface area contributed by atoms with Gasteiger partial charge in [0, 0.05) is 46.8 Å². The first-order chi connectivity index (χ1) is 55.6. The topological polar surface area (TPSA) is 514 Å². The highest BCUT2D eigenvalue weighted by molar-refractivity contribution is 8.13. The maximum Gasteiger partial charge on any atom is 0.279 e. The fourth-order valence-corrected chi connectivity index (χ4v) is 17.9. The Morgan fingerprint density at radius 3 is 1.30 bits per heavy atom. The van der Waals surface area contributed by atoms with E-state index >= 15 is 0 Å². The maximum absolute atomic E-state index is 12.8. The van der Waals surface area contributed by atoms with Gasteiger partial charge in [0.2, 0.25) is 0 Å². The quantitative estimate of drug-likeness (QED) is 0.00589. The average Bonchev–Trinajstić information content (AvgIpc) is 1.68. The van der Waals surface area contributed by atoms with E-state index in [0.29, 0.717) is 57.5 Å². The zero-order valence-corrected chi connectivity index (χ0v) is 73.5. The van der Waals surface area contributed by atoms with E-state index in [1.165, 1.54) is 31.1 Å². The third-order valence-corrected chi connectivity index (χ3v) is 32.9. The second-order valence-electron chi connectivity index (χ2n) is 32.1. The number of azide groups is 2. The number of halogens is 1. The highest BCUT2D eigenvalue weighted by Crippen LogP contribution is 2.46. The lowest BCUT2D eigenvalue weighted by atomic mass is 9.98. The molecule has 0 radical (unpaired) electrons. The van der Waals surface area contributed by atoms with Crippen LogP contribution in [-0.2, 0) is 36.9 Å². The monoisotopic (exact) mass is 1740 g/mol. The van der Waals surface area contributed by atoms with Crippen molar-refractivity contribution < 1.29 is 37.6 Å². The first kappa shape index (κ1) is 87.1. The van der Waals surface area contributed by atoms with Gasteiger partial charge in [-0.15, -0.1) is 0 Å². The number of hydrogen-bond acceptors (Lipinski definition) is 27. The normalized spacial score (nSPS) is 24.9. The summed E-state index contributed by atoms with van der Waals surface area (Å²) < 4.78 is 76.6. The van der Waals surface area contributed by atoms with Crippen molar-refractivity contribution in [3.05, 3.63) is 141 Å². The van der Waals surface area contributed by atoms with Crippen LogP contribution in [0.4, 0.5) is 0 Å². The molecular formula is C70H97ClN28O12S4Si2. The minimum atomic E-state index is -3.55. The van der Waals surface area contributed by atoms with E-state index in [9.17, 15) is 27.6 Å². The van der Waals surface area contributed by atoms with E-state index < -0.39 is 105 Å². The van der Waals surface area contributed by atoms with Crippen molar-refractivity contribution in [1.29, 1.82) is 0 Å². The van der Waals surface area contributed by atoms with E-state index in [0.717, 1.165) is 5.56 Å². The van der Waals surface area contributed by atoms with Gasteiger partial charge in [-0.05, 0) is 137 Å². The smallest absolute Gasteiger partial charge is 0.279 e. The van der Waals surface area contributed by atoms with Crippen LogP contribution in [0, 0.1) is 46.5 Å². The number of thiocarbonyl (C=S) groups is 3. The minimum Gasteiger partial charge on any atom is -0.408 e. The summed E-state index contributed by atoms with van der Waals surface area (Å²) in [5.74, 6) is 1.27. The van der Waals surface area contributed by atoms with Gasteiger partial charge in [0.15, 0.2) is 84.0 Å². The molecule has 0 saturated carbocycles. The SMILES string of the molecule is Cc1ccc(S(=O)(=O)Cl)cc1.Cc1nc2c(ncn2[C@@H]2O[C@H](CN=[N+]=[N-])[C@H](NC(=S)NC[C@H]3O[C@@H](n4cnc5c(=O)[nH]c(C)nc54)[C@@H](O[Si](C)(C)C(C)(C)C)C3N=C=S)C2C)c(=O)[nH]1.[3H]CCNC1[C@@H](CNC(=S)N[C@@H]2C(C)[C@H](n3cnc4c(=O)[nH]c(C)nc43)O[C@@H]2CN=[N+]=[N-])O[C@@H](n2cnc3c(=O)[nH]c(C)nc32)[C@H]1O[Si](C)(C)C(C)(C)C. The number of aromatic amines is 4. The van der Waals surface area contributed by atoms with Crippen molar-refractivity contribution in [2.24, 2.45) is 27.1 Å². The van der Waals surface area contributed by atoms with E-state index in [4.69, 9.17) is 87.6 Å². The van der Waals surface area contributed by atoms with Crippen LogP contribution in [-0.4, -0.2) is 212 Å². The van der Waals surface area contributed by atoms with Gasteiger partial charge < -0.3 is 74.3 Å². The molecule has 0 amide bonds. The molecule has 0 aliphatic carbocycles. The number of nitrogens with one attached hydrogen (secondary N) is 9. The number of aromatic nitrogens is 16. The molecule has 13 rings (SSSR count). The number of fused-ring (bicyclic) bond motifs is 4. The number of likely N-dealkylation sites (N-methyl/N-ethyl adjacent to an activating group) is 1. The number of isothiocyanates is 1. The van der Waals surface area contributed by atoms with Gasteiger partial charge >= 0.3 is 0 Å². The van der Waals surface area contributed by atoms with Gasteiger partial charge in [0.05, 0.1) is 84.9 Å². The van der Waals surface area contributed by atoms with Gasteiger partial charge in [0.25, 0.3) is 31.3 Å². The number of H-pyrrole nitrogens is 4. The predicted octanol–water partition coefficient (Wildman–Crippen LogP) is 8.04. The fraction of sp³-hybridized carbons (Fsp3) is 0.586. The Morgan fingerprint density at radius 1 is 0.590 bits per heavy atom. The molecular weight excluding hydrogens is 1640 g/mol. The summed E-state index contributed by atoms with van der Waals surface area (Å²) in [4.78, 5) is 107. The lowest BCUT2D eigenvalue weighted by Gasteiger charge is -2.41. The minimum absolute atomic E-state index is 0.0256. The van der Waals surface area contributed by atoms with Gasteiger partial charge in [-0.2, -0.15) is 0 Å². The molecule has 4 fully saturated rings. The van der Waals surface area contributed by atoms with Crippen LogP contribution in [0.15, 0.2) is 88.9 Å². The number of aryl methyl sites for hydroxylation is 5. The molecule has 16 atom stereocenters. The molecule has 9 aromatic rings. The molecule has 9 N–H and O–H groups in total. The molecule has 1 aromatic carbocycles. The van der Waals surface area contributed by atoms with Crippen LogP contribution in [0.3, 0.4) is 0 Å². The number of imidazole rings is 4. The molecule has 117 heavy (non-hydrogen) atoms. The summed E-state index contributed by atoms with van der Waals surface area (Å²) in [7, 11) is -3.29. The molecule has 8 aromatic heterocycles. The predicted molar refractivity (Wildman–Crippen MR) is 453 cm³/mol. The van der Waals surface area contributed by atoms with Crippen LogP contribution < -0.4 is 48.8 Å². The maximum atomic E-state index is 12.8. The number of ether oxygens (including phenoxy) is 4. The standard InChI is InChI=1S/C32H48N14O5SSi.C31H42N14O5S2Si.C7H7ClO2S/c1-10-34-21-18(50-30(24(21)51-53(8,9)32(5,6)7)46-14-37-23-26(46)40-17(4)42-28(23)48)11-35-31(52)43-20-15(2)29(49-19(20)12-38-44-33)45-13-36-22-25(45)39-16(3)41-27(22)47;1-14-19(18(10-37-43-32)48-28(14)44-11-34-21-24(44)38-15(2)40-26(21)46)42-30(52)33-9-17-20(36-13-51)23(50-53(7,8)31(4,5)6)29(49-17)45-12-35-22-25(45)39-16(3)41-27(22)47;1-6-2-4-7(5-3-6)11(8,9)10/h13-15,18-21,24,29-30,34H,10-12H2,1-9H3,(H2,35,43,52)(H,39,41,47)(H,40,42,48);11-12,14,17-20,23,28-29H,9-10H2,1-8H3,(H2,33,42,52)(H,38,40,46)(H,39,41,47);2-5H,1H3/t15?,18-,19-,20-,21?,24+,29-,30-;14?,17-,18-,19-,20?,23+,28-,29-;/m11./s1/i1T;;. The molecule has 0 spiro atoms. The second kappa shape index (κ2) is 35.8. The molecule has 47 heteroatoms. The molecule has 12 heterocycles. The first-order valence-corrected chi connectivity index (χ1v) is 46.9. The Bertz CT molecular complexity index is 5740. The molecule has 4 saturated heterocycles. The summed E-state index contributed by atoms with van der Waals surface area (Å²) in [6, 6.07) is 4.56. The molecule has 628 valence electrons. The Balaban J connectivity index is 0.000000204. The van der Waals surface area contributed by atoms with Gasteiger partial charge in [0.1, 0.15) is 60.1 Å². The number of rotatable bonds is 22. The van der Waals surface area contributed by atoms with Crippen LogP contribution >= 0.6 is 47.3 Å². The fourth-order valence-electron chi connectivity index (χ4n) is 14.0. The van der Waals surface area contributed by atoms with E-state index in [-0.39, 0.29) is 115 Å². The van der Waals surface area contributed by atoms with Crippen molar-refractivity contribution in [3.63, 3.8) is 0 Å². The molecule has 4 aliphatic heterocycles. The van der Waals surface area contributed by atoms with Crippen LogP contribution in [0.2, 0.25) is 36.3 Å². The number of aliphatic imine (C=N–C) groups is 1. The Morgan fingerprint density at radius 2 is 0.940 bits per heavy atom. The van der Waals surface area contributed by atoms with Crippen molar-refractivity contribution in [2.45, 2.75) is 224 Å². The Hall–Kier alpha value is -9.19.